The molecule has 1 aliphatic rings. The Morgan fingerprint density at radius 2 is 2.00 bits per heavy atom. The highest BCUT2D eigenvalue weighted by Gasteiger charge is 2.49. The van der Waals surface area contributed by atoms with Crippen molar-refractivity contribution in [3.8, 4) is 0 Å². The molecule has 1 heterocycles. The van der Waals surface area contributed by atoms with Gasteiger partial charge in [0.05, 0.1) is 12.5 Å². The normalized spacial score (nSPS) is 25.1. The van der Waals surface area contributed by atoms with Crippen molar-refractivity contribution in [1.29, 1.82) is 0 Å². The van der Waals surface area contributed by atoms with Gasteiger partial charge in [-0.1, -0.05) is 0 Å². The third-order valence-electron chi connectivity index (χ3n) is 2.42. The van der Waals surface area contributed by atoms with Crippen molar-refractivity contribution < 1.29 is 29.2 Å². The van der Waals surface area contributed by atoms with E-state index in [1.165, 1.54) is 0 Å². The molecule has 1 aliphatic heterocycles. The first-order chi connectivity index (χ1) is 7.57. The maximum atomic E-state index is 12.0. The first-order valence-corrected chi connectivity index (χ1v) is 5.33. The summed E-state index contributed by atoms with van der Waals surface area (Å²) in [6.07, 6.45) is -1.76. The van der Waals surface area contributed by atoms with Crippen LogP contribution in [0.25, 0.3) is 0 Å². The highest BCUT2D eigenvalue weighted by Crippen LogP contribution is 2.26. The second kappa shape index (κ2) is 5.70. The van der Waals surface area contributed by atoms with Crippen LogP contribution in [-0.2, 0) is 19.0 Å². The average Bonchev–Trinajstić information content (AvgIpc) is 2.22. The van der Waals surface area contributed by atoms with Crippen LogP contribution >= 0.6 is 0 Å². The van der Waals surface area contributed by atoms with Gasteiger partial charge >= 0.3 is 0 Å². The Kier molecular flexibility index (Phi) is 4.82. The molecular formula is C10H18O6. The van der Waals surface area contributed by atoms with Crippen molar-refractivity contribution in [3.05, 3.63) is 0 Å². The van der Waals surface area contributed by atoms with Gasteiger partial charge in [0, 0.05) is 13.2 Å². The van der Waals surface area contributed by atoms with Gasteiger partial charge in [-0.05, 0) is 13.8 Å². The first-order valence-electron chi connectivity index (χ1n) is 5.33. The summed E-state index contributed by atoms with van der Waals surface area (Å²) in [7, 11) is 0. The van der Waals surface area contributed by atoms with Crippen molar-refractivity contribution in [2.24, 2.45) is 5.92 Å². The summed E-state index contributed by atoms with van der Waals surface area (Å²) in [5, 5.41) is 18.1. The lowest BCUT2D eigenvalue weighted by atomic mass is 9.95. The van der Waals surface area contributed by atoms with Crippen molar-refractivity contribution in [3.63, 3.8) is 0 Å². The van der Waals surface area contributed by atoms with E-state index in [2.05, 4.69) is 0 Å². The van der Waals surface area contributed by atoms with Gasteiger partial charge in [-0.2, -0.15) is 0 Å². The number of carbonyl (C=O) groups excluding carboxylic acids is 1. The summed E-state index contributed by atoms with van der Waals surface area (Å²) in [5.41, 5.74) is 0. The zero-order valence-electron chi connectivity index (χ0n) is 9.51. The number of rotatable bonds is 5. The lowest BCUT2D eigenvalue weighted by molar-refractivity contribution is -0.271. The van der Waals surface area contributed by atoms with E-state index in [1.807, 2.05) is 0 Å². The second-order valence-corrected chi connectivity index (χ2v) is 3.52. The molecule has 6 heteroatoms. The molecule has 1 atom stereocenters. The Morgan fingerprint density at radius 1 is 1.44 bits per heavy atom. The molecule has 16 heavy (non-hydrogen) atoms. The molecule has 0 amide bonds. The molecule has 0 bridgehead atoms. The molecule has 0 aromatic rings. The number of ether oxygens (including phenoxy) is 3. The number of ketones is 1. The molecule has 2 N–H and O–H groups in total. The summed E-state index contributed by atoms with van der Waals surface area (Å²) in [6, 6.07) is 0. The molecule has 1 unspecified atom stereocenters. The molecule has 6 nitrogen and oxygen atoms in total. The SMILES string of the molecule is CCOC1(OCC)COCC(C(O)O)C1=O. The maximum Gasteiger partial charge on any atom is 0.253 e. The minimum absolute atomic E-state index is 0.0171. The number of Topliss-reactive ketones (excluding diaryl/α,β-unsaturated/α-hetero) is 1. The lowest BCUT2D eigenvalue weighted by Crippen LogP contribution is -2.58. The smallest absolute Gasteiger partial charge is 0.253 e. The van der Waals surface area contributed by atoms with Gasteiger partial charge in [-0.15, -0.1) is 0 Å². The van der Waals surface area contributed by atoms with Crippen molar-refractivity contribution in [2.75, 3.05) is 26.4 Å². The molecule has 0 aliphatic carbocycles. The molecule has 94 valence electrons. The second-order valence-electron chi connectivity index (χ2n) is 3.52. The van der Waals surface area contributed by atoms with Gasteiger partial charge in [-0.25, -0.2) is 0 Å². The quantitative estimate of drug-likeness (QED) is 0.611. The highest BCUT2D eigenvalue weighted by molar-refractivity contribution is 5.89. The summed E-state index contributed by atoms with van der Waals surface area (Å²) in [6.45, 7) is 3.97. The summed E-state index contributed by atoms with van der Waals surface area (Å²) in [4.78, 5) is 12.0. The van der Waals surface area contributed by atoms with Gasteiger partial charge in [0.25, 0.3) is 5.79 Å². The van der Waals surface area contributed by atoms with E-state index in [9.17, 15) is 4.79 Å². The van der Waals surface area contributed by atoms with Gasteiger partial charge in [0.1, 0.15) is 6.61 Å². The Labute approximate surface area is 94.1 Å². The lowest BCUT2D eigenvalue weighted by Gasteiger charge is -2.38. The number of hydrogen-bond acceptors (Lipinski definition) is 6. The standard InChI is InChI=1S/C10H18O6/c1-3-15-10(16-4-2)6-14-5-7(8(10)11)9(12)13/h7,9,12-13H,3-6H2,1-2H3. The van der Waals surface area contributed by atoms with E-state index in [4.69, 9.17) is 24.4 Å². The molecule has 0 spiro atoms. The minimum Gasteiger partial charge on any atom is -0.374 e. The molecule has 1 fully saturated rings. The largest absolute Gasteiger partial charge is 0.374 e. The zero-order valence-corrected chi connectivity index (χ0v) is 9.51. The summed E-state index contributed by atoms with van der Waals surface area (Å²) in [5.74, 6) is -2.99. The molecule has 1 saturated heterocycles. The van der Waals surface area contributed by atoms with Crippen LogP contribution in [0, 0.1) is 5.92 Å². The van der Waals surface area contributed by atoms with Crippen LogP contribution in [0.5, 0.6) is 0 Å². The Hall–Kier alpha value is -0.530. The van der Waals surface area contributed by atoms with Crippen LogP contribution in [0.4, 0.5) is 0 Å². The number of carbonyl (C=O) groups is 1. The Bertz CT molecular complexity index is 228. The van der Waals surface area contributed by atoms with E-state index >= 15 is 0 Å². The fraction of sp³-hybridized carbons (Fsp3) is 0.900. The molecule has 0 aromatic heterocycles. The van der Waals surface area contributed by atoms with Gasteiger partial charge in [0.15, 0.2) is 6.29 Å². The molecular weight excluding hydrogens is 216 g/mol. The topological polar surface area (TPSA) is 85.2 Å². The Balaban J connectivity index is 2.85. The number of hydrogen-bond donors (Lipinski definition) is 2. The predicted octanol–water partition coefficient (Wildman–Crippen LogP) is -0.718. The predicted molar refractivity (Wildman–Crippen MR) is 53.5 cm³/mol. The molecule has 0 saturated carbocycles. The van der Waals surface area contributed by atoms with Gasteiger partial charge < -0.3 is 24.4 Å². The van der Waals surface area contributed by atoms with Crippen LogP contribution in [0.15, 0.2) is 0 Å². The zero-order chi connectivity index (χ0) is 12.2. The Morgan fingerprint density at radius 3 is 2.44 bits per heavy atom. The van der Waals surface area contributed by atoms with Gasteiger partial charge in [-0.3, -0.25) is 4.79 Å². The number of aliphatic hydroxyl groups excluding tert-OH is 1. The van der Waals surface area contributed by atoms with E-state index in [0.29, 0.717) is 0 Å². The molecule has 0 aromatic carbocycles. The molecule has 0 radical (unpaired) electrons. The third-order valence-corrected chi connectivity index (χ3v) is 2.42. The minimum atomic E-state index is -1.76. The summed E-state index contributed by atoms with van der Waals surface area (Å²) < 4.78 is 15.7. The van der Waals surface area contributed by atoms with Crippen LogP contribution in [-0.4, -0.2) is 54.5 Å². The maximum absolute atomic E-state index is 12.0. The van der Waals surface area contributed by atoms with Gasteiger partial charge in [0.2, 0.25) is 5.78 Å². The average molecular weight is 234 g/mol. The number of aliphatic hydroxyl groups is 2. The fourth-order valence-corrected chi connectivity index (χ4v) is 1.70. The fourth-order valence-electron chi connectivity index (χ4n) is 1.70. The van der Waals surface area contributed by atoms with Crippen LogP contribution < -0.4 is 0 Å². The van der Waals surface area contributed by atoms with E-state index in [0.717, 1.165) is 0 Å². The van der Waals surface area contributed by atoms with E-state index in [1.54, 1.807) is 13.8 Å². The van der Waals surface area contributed by atoms with E-state index in [-0.39, 0.29) is 26.4 Å². The first kappa shape index (κ1) is 13.5. The molecule has 1 rings (SSSR count). The van der Waals surface area contributed by atoms with Crippen LogP contribution in [0.1, 0.15) is 13.8 Å². The third kappa shape index (κ3) is 2.58. The van der Waals surface area contributed by atoms with E-state index < -0.39 is 23.8 Å². The van der Waals surface area contributed by atoms with Crippen LogP contribution in [0.2, 0.25) is 0 Å². The summed E-state index contributed by atoms with van der Waals surface area (Å²) >= 11 is 0. The highest BCUT2D eigenvalue weighted by atomic mass is 16.7. The van der Waals surface area contributed by atoms with Crippen molar-refractivity contribution in [1.82, 2.24) is 0 Å². The monoisotopic (exact) mass is 234 g/mol. The van der Waals surface area contributed by atoms with Crippen LogP contribution in [0.3, 0.4) is 0 Å². The van der Waals surface area contributed by atoms with Crippen molar-refractivity contribution in [2.45, 2.75) is 25.9 Å². The van der Waals surface area contributed by atoms with Crippen molar-refractivity contribution >= 4 is 5.78 Å².